The summed E-state index contributed by atoms with van der Waals surface area (Å²) in [7, 11) is -4.79. The van der Waals surface area contributed by atoms with Gasteiger partial charge in [-0.25, -0.2) is 4.57 Å². The minimum absolute atomic E-state index is 0.0395. The van der Waals surface area contributed by atoms with Gasteiger partial charge in [0.2, 0.25) is 0 Å². The van der Waals surface area contributed by atoms with Crippen molar-refractivity contribution < 1.29 is 41.9 Å². The zero-order valence-corrected chi connectivity index (χ0v) is 20.4. The lowest BCUT2D eigenvalue weighted by Crippen LogP contribution is -2.48. The van der Waals surface area contributed by atoms with Crippen molar-refractivity contribution in [3.8, 4) is 5.75 Å². The summed E-state index contributed by atoms with van der Waals surface area (Å²) in [5.74, 6) is 0.734. The van der Waals surface area contributed by atoms with Gasteiger partial charge in [0.15, 0.2) is 0 Å². The first-order valence-electron chi connectivity index (χ1n) is 11.1. The van der Waals surface area contributed by atoms with Crippen LogP contribution in [-0.4, -0.2) is 40.3 Å². The number of benzene rings is 1. The number of aliphatic hydroxyl groups is 1. The van der Waals surface area contributed by atoms with E-state index < -0.39 is 38.3 Å². The molecule has 0 heterocycles. The van der Waals surface area contributed by atoms with Crippen LogP contribution in [-0.2, 0) is 21.7 Å². The van der Waals surface area contributed by atoms with Gasteiger partial charge in [-0.1, -0.05) is 46.1 Å². The summed E-state index contributed by atoms with van der Waals surface area (Å²) in [5, 5.41) is 9.45. The number of hydrogen-bond acceptors (Lipinski definition) is 5. The smallest absolute Gasteiger partial charge is 0.469 e. The molecule has 11 heteroatoms. The van der Waals surface area contributed by atoms with Crippen LogP contribution in [0.4, 0.5) is 13.2 Å². The van der Waals surface area contributed by atoms with Crippen LogP contribution in [0.2, 0.25) is 0 Å². The number of alkyl halides is 3. The molecule has 1 unspecified atom stereocenters. The first kappa shape index (κ1) is 29.9. The highest BCUT2D eigenvalue weighted by Crippen LogP contribution is 2.38. The van der Waals surface area contributed by atoms with Gasteiger partial charge in [-0.05, 0) is 48.8 Å². The van der Waals surface area contributed by atoms with Crippen molar-refractivity contribution in [2.24, 2.45) is 17.6 Å². The molecule has 0 aliphatic rings. The number of nitrogens with two attached hydrogens (primary N) is 1. The SMILES string of the molecule is CC(C)CCC[C@@H](C)CCOc1ccc(CCC(N)(CO)COP(=O)(O)O)cc1C(F)(F)F. The lowest BCUT2D eigenvalue weighted by Gasteiger charge is -2.27. The summed E-state index contributed by atoms with van der Waals surface area (Å²) in [6.45, 7) is 5.26. The fraction of sp³-hybridized carbons (Fsp3) is 0.727. The van der Waals surface area contributed by atoms with E-state index in [2.05, 4.69) is 25.3 Å². The van der Waals surface area contributed by atoms with Crippen molar-refractivity contribution in [1.29, 1.82) is 0 Å². The van der Waals surface area contributed by atoms with Crippen molar-refractivity contribution in [3.63, 3.8) is 0 Å². The van der Waals surface area contributed by atoms with E-state index in [1.165, 1.54) is 12.1 Å². The van der Waals surface area contributed by atoms with Gasteiger partial charge in [0.05, 0.1) is 30.9 Å². The van der Waals surface area contributed by atoms with E-state index >= 15 is 0 Å². The highest BCUT2D eigenvalue weighted by Gasteiger charge is 2.35. The Kier molecular flexibility index (Phi) is 11.8. The largest absolute Gasteiger partial charge is 0.493 e. The second-order valence-electron chi connectivity index (χ2n) is 9.18. The molecule has 7 nitrogen and oxygen atoms in total. The second kappa shape index (κ2) is 13.1. The van der Waals surface area contributed by atoms with E-state index in [1.807, 2.05) is 0 Å². The third-order valence-corrected chi connectivity index (χ3v) is 5.91. The summed E-state index contributed by atoms with van der Waals surface area (Å²) in [6, 6.07) is 3.73. The molecule has 2 atom stereocenters. The summed E-state index contributed by atoms with van der Waals surface area (Å²) < 4.78 is 61.5. The zero-order chi connectivity index (χ0) is 25.3. The Morgan fingerprint density at radius 2 is 1.79 bits per heavy atom. The quantitative estimate of drug-likeness (QED) is 0.259. The highest BCUT2D eigenvalue weighted by atomic mass is 31.2. The summed E-state index contributed by atoms with van der Waals surface area (Å²) in [4.78, 5) is 17.6. The molecule has 0 radical (unpaired) electrons. The van der Waals surface area contributed by atoms with Gasteiger partial charge in [-0.3, -0.25) is 4.52 Å². The van der Waals surface area contributed by atoms with Gasteiger partial charge in [-0.2, -0.15) is 13.2 Å². The molecule has 0 aliphatic heterocycles. The van der Waals surface area contributed by atoms with Gasteiger partial charge < -0.3 is 25.4 Å². The van der Waals surface area contributed by atoms with E-state index in [9.17, 15) is 22.8 Å². The Labute approximate surface area is 193 Å². The average molecular weight is 500 g/mol. The molecule has 0 saturated heterocycles. The molecule has 5 N–H and O–H groups in total. The second-order valence-corrected chi connectivity index (χ2v) is 10.4. The Morgan fingerprint density at radius 3 is 2.33 bits per heavy atom. The van der Waals surface area contributed by atoms with E-state index in [1.54, 1.807) is 0 Å². The summed E-state index contributed by atoms with van der Waals surface area (Å²) in [5.41, 5.74) is 3.78. The molecule has 0 amide bonds. The zero-order valence-electron chi connectivity index (χ0n) is 19.5. The third-order valence-electron chi connectivity index (χ3n) is 5.44. The molecule has 1 aromatic rings. The Bertz CT molecular complexity index is 771. The van der Waals surface area contributed by atoms with Gasteiger partial charge in [-0.15, -0.1) is 0 Å². The monoisotopic (exact) mass is 499 g/mol. The Balaban J connectivity index is 2.76. The molecule has 0 spiro atoms. The maximum Gasteiger partial charge on any atom is 0.469 e. The maximum atomic E-state index is 13.6. The molecule has 0 bridgehead atoms. The molecule has 192 valence electrons. The molecule has 0 aromatic heterocycles. The average Bonchev–Trinajstić information content (AvgIpc) is 2.70. The fourth-order valence-corrected chi connectivity index (χ4v) is 3.70. The number of phosphoric acid groups is 1. The van der Waals surface area contributed by atoms with Crippen molar-refractivity contribution >= 4 is 7.82 Å². The Hall–Kier alpha value is -1.16. The molecular formula is C22H37F3NO6P. The minimum Gasteiger partial charge on any atom is -0.493 e. The molecule has 0 aliphatic carbocycles. The first-order valence-corrected chi connectivity index (χ1v) is 12.6. The normalized spacial score (nSPS) is 15.5. The van der Waals surface area contributed by atoms with Gasteiger partial charge in [0.25, 0.3) is 0 Å². The van der Waals surface area contributed by atoms with Crippen molar-refractivity contribution in [2.45, 2.75) is 71.0 Å². The van der Waals surface area contributed by atoms with Gasteiger partial charge in [0, 0.05) is 0 Å². The molecule has 1 rings (SSSR count). The van der Waals surface area contributed by atoms with Crippen LogP contribution < -0.4 is 10.5 Å². The fourth-order valence-electron chi connectivity index (χ4n) is 3.27. The lowest BCUT2D eigenvalue weighted by atomic mass is 9.93. The number of hydrogen-bond donors (Lipinski definition) is 4. The molecule has 1 aromatic carbocycles. The molecular weight excluding hydrogens is 462 g/mol. The summed E-state index contributed by atoms with van der Waals surface area (Å²) in [6.07, 6.45) is -0.762. The maximum absolute atomic E-state index is 13.6. The van der Waals surface area contributed by atoms with Crippen LogP contribution >= 0.6 is 7.82 Å². The topological polar surface area (TPSA) is 122 Å². The van der Waals surface area contributed by atoms with Gasteiger partial charge >= 0.3 is 14.0 Å². The van der Waals surface area contributed by atoms with Crippen LogP contribution in [0.3, 0.4) is 0 Å². The van der Waals surface area contributed by atoms with Crippen LogP contribution in [0, 0.1) is 11.8 Å². The van der Waals surface area contributed by atoms with Crippen LogP contribution in [0.15, 0.2) is 18.2 Å². The van der Waals surface area contributed by atoms with E-state index in [0.29, 0.717) is 23.8 Å². The number of rotatable bonds is 15. The van der Waals surface area contributed by atoms with E-state index in [-0.39, 0.29) is 25.2 Å². The van der Waals surface area contributed by atoms with Crippen LogP contribution in [0.5, 0.6) is 5.75 Å². The molecule has 0 saturated carbocycles. The molecule has 0 fully saturated rings. The van der Waals surface area contributed by atoms with Gasteiger partial charge in [0.1, 0.15) is 5.75 Å². The number of aryl methyl sites for hydroxylation is 1. The van der Waals surface area contributed by atoms with E-state index in [0.717, 1.165) is 25.3 Å². The van der Waals surface area contributed by atoms with Crippen LogP contribution in [0.25, 0.3) is 0 Å². The third kappa shape index (κ3) is 12.2. The lowest BCUT2D eigenvalue weighted by molar-refractivity contribution is -0.139. The van der Waals surface area contributed by atoms with Crippen molar-refractivity contribution in [2.75, 3.05) is 19.8 Å². The summed E-state index contributed by atoms with van der Waals surface area (Å²) >= 11 is 0. The van der Waals surface area contributed by atoms with E-state index in [4.69, 9.17) is 20.3 Å². The standard InChI is InChI=1S/C22H37F3NO6P/c1-16(2)5-4-6-17(3)10-12-31-20-8-7-18(13-19(20)22(23,24)25)9-11-21(26,14-27)15-32-33(28,29)30/h7-8,13,16-17,27H,4-6,9-12,14-15,26H2,1-3H3,(H2,28,29,30)/t17-,21?/m1/s1. The van der Waals surface area contributed by atoms with Crippen molar-refractivity contribution in [3.05, 3.63) is 29.3 Å². The predicted molar refractivity (Wildman–Crippen MR) is 120 cm³/mol. The number of phosphoric ester groups is 1. The number of ether oxygens (including phenoxy) is 1. The Morgan fingerprint density at radius 1 is 1.12 bits per heavy atom. The van der Waals surface area contributed by atoms with Crippen molar-refractivity contribution in [1.82, 2.24) is 0 Å². The highest BCUT2D eigenvalue weighted by molar-refractivity contribution is 7.46. The predicted octanol–water partition coefficient (Wildman–Crippen LogP) is 4.67. The van der Waals surface area contributed by atoms with Crippen LogP contribution in [0.1, 0.15) is 64.0 Å². The minimum atomic E-state index is -4.79. The number of aliphatic hydroxyl groups excluding tert-OH is 1. The first-order chi connectivity index (χ1) is 15.1. The molecule has 33 heavy (non-hydrogen) atoms. The number of halogens is 3.